The Morgan fingerprint density at radius 2 is 0.560 bits per heavy atom. The Bertz CT molecular complexity index is 758. The lowest BCUT2D eigenvalue weighted by molar-refractivity contribution is 0.450. The maximum absolute atomic E-state index is 9.77. The summed E-state index contributed by atoms with van der Waals surface area (Å²) in [5.41, 5.74) is 0.813. The first-order chi connectivity index (χ1) is 11.8. The summed E-state index contributed by atoms with van der Waals surface area (Å²) in [6, 6.07) is 11.4. The second-order valence-corrected chi connectivity index (χ2v) is 5.46. The van der Waals surface area contributed by atoms with Gasteiger partial charge in [-0.2, -0.15) is 0 Å². The van der Waals surface area contributed by atoms with Gasteiger partial charge in [-0.1, -0.05) is 0 Å². The van der Waals surface area contributed by atoms with Crippen LogP contribution in [0.25, 0.3) is 0 Å². The number of hydrogen-bond acceptors (Lipinski definition) is 7. The number of rotatable bonds is 3. The first-order valence-corrected chi connectivity index (χ1v) is 7.21. The van der Waals surface area contributed by atoms with Crippen molar-refractivity contribution >= 4 is 17.1 Å². The van der Waals surface area contributed by atoms with E-state index in [0.717, 1.165) is 18.2 Å². The van der Waals surface area contributed by atoms with Crippen molar-refractivity contribution in [1.82, 2.24) is 0 Å². The van der Waals surface area contributed by atoms with Gasteiger partial charge in [-0.05, 0) is 0 Å². The molecule has 7 nitrogen and oxygen atoms in total. The fraction of sp³-hybridized carbons (Fsp3) is 0. The van der Waals surface area contributed by atoms with Crippen LogP contribution in [0.5, 0.6) is 34.5 Å². The molecule has 6 N–H and O–H groups in total. The molecule has 0 spiro atoms. The Labute approximate surface area is 142 Å². The summed E-state index contributed by atoms with van der Waals surface area (Å²) in [7, 11) is 0. The van der Waals surface area contributed by atoms with Gasteiger partial charge in [-0.3, -0.25) is 0 Å². The lowest BCUT2D eigenvalue weighted by Crippen LogP contribution is -2.09. The number of hydrogen-bond donors (Lipinski definition) is 6. The predicted octanol–water partition coefficient (Wildman–Crippen LogP) is 3.39. The Kier molecular flexibility index (Phi) is 3.90. The van der Waals surface area contributed by atoms with Crippen LogP contribution < -0.4 is 4.90 Å². The van der Waals surface area contributed by atoms with Crippen LogP contribution in [0.2, 0.25) is 0 Å². The molecule has 0 aliphatic carbocycles. The molecule has 3 aromatic carbocycles. The third kappa shape index (κ3) is 3.45. The fourth-order valence-electron chi connectivity index (χ4n) is 2.57. The number of aromatic hydroxyl groups is 6. The number of phenols is 6. The molecule has 128 valence electrons. The maximum atomic E-state index is 9.77. The summed E-state index contributed by atoms with van der Waals surface area (Å²) < 4.78 is 0. The molecule has 0 radical (unpaired) electrons. The van der Waals surface area contributed by atoms with Crippen molar-refractivity contribution in [2.24, 2.45) is 0 Å². The van der Waals surface area contributed by atoms with E-state index >= 15 is 0 Å². The summed E-state index contributed by atoms with van der Waals surface area (Å²) in [6.45, 7) is 0. The van der Waals surface area contributed by atoms with E-state index in [0.29, 0.717) is 0 Å². The van der Waals surface area contributed by atoms with Crippen LogP contribution in [0.1, 0.15) is 0 Å². The first-order valence-electron chi connectivity index (χ1n) is 7.21. The minimum absolute atomic E-state index is 0.214. The molecular formula is C18H15NO6. The molecule has 0 saturated heterocycles. The van der Waals surface area contributed by atoms with Crippen molar-refractivity contribution in [3.05, 3.63) is 54.6 Å². The van der Waals surface area contributed by atoms with Crippen LogP contribution >= 0.6 is 0 Å². The largest absolute Gasteiger partial charge is 0.508 e. The lowest BCUT2D eigenvalue weighted by Gasteiger charge is -2.26. The van der Waals surface area contributed by atoms with E-state index in [9.17, 15) is 30.6 Å². The lowest BCUT2D eigenvalue weighted by atomic mass is 10.1. The van der Waals surface area contributed by atoms with E-state index in [-0.39, 0.29) is 51.6 Å². The molecule has 0 aromatic heterocycles. The van der Waals surface area contributed by atoms with Crippen LogP contribution in [-0.4, -0.2) is 30.6 Å². The fourth-order valence-corrected chi connectivity index (χ4v) is 2.57. The van der Waals surface area contributed by atoms with Crippen molar-refractivity contribution in [3.8, 4) is 34.5 Å². The molecule has 3 aromatic rings. The smallest absolute Gasteiger partial charge is 0.121 e. The summed E-state index contributed by atoms with van der Waals surface area (Å²) in [4.78, 5) is 1.42. The van der Waals surface area contributed by atoms with Crippen molar-refractivity contribution in [2.75, 3.05) is 4.90 Å². The zero-order valence-electron chi connectivity index (χ0n) is 12.8. The van der Waals surface area contributed by atoms with E-state index in [1.807, 2.05) is 0 Å². The highest BCUT2D eigenvalue weighted by Crippen LogP contribution is 2.42. The standard InChI is InChI=1S/C18H15NO6/c20-13-1-10(2-14(21)7-13)19(11-3-15(22)8-16(23)4-11)12-5-17(24)9-18(25)6-12/h1-9,20-25H. The molecule has 0 atom stereocenters. The number of nitrogens with zero attached hydrogens (tertiary/aromatic N) is 1. The predicted molar refractivity (Wildman–Crippen MR) is 91.1 cm³/mol. The molecule has 7 heteroatoms. The van der Waals surface area contributed by atoms with Crippen LogP contribution in [0.4, 0.5) is 17.1 Å². The molecule has 0 amide bonds. The van der Waals surface area contributed by atoms with Gasteiger partial charge < -0.3 is 35.5 Å². The quantitative estimate of drug-likeness (QED) is 0.431. The normalized spacial score (nSPS) is 10.6. The summed E-state index contributed by atoms with van der Waals surface area (Å²) >= 11 is 0. The van der Waals surface area contributed by atoms with Gasteiger partial charge in [0.25, 0.3) is 0 Å². The molecule has 0 bridgehead atoms. The SMILES string of the molecule is Oc1cc(O)cc(N(c2cc(O)cc(O)c2)c2cc(O)cc(O)c2)c1. The Balaban J connectivity index is 2.27. The van der Waals surface area contributed by atoms with E-state index in [4.69, 9.17) is 0 Å². The maximum Gasteiger partial charge on any atom is 0.121 e. The summed E-state index contributed by atoms with van der Waals surface area (Å²) in [5, 5.41) is 58.6. The van der Waals surface area contributed by atoms with Crippen LogP contribution in [0.15, 0.2) is 54.6 Å². The van der Waals surface area contributed by atoms with Gasteiger partial charge in [0.05, 0.1) is 17.1 Å². The van der Waals surface area contributed by atoms with E-state index in [2.05, 4.69) is 0 Å². The second kappa shape index (κ2) is 6.04. The van der Waals surface area contributed by atoms with E-state index < -0.39 is 0 Å². The minimum atomic E-state index is -0.214. The van der Waals surface area contributed by atoms with Crippen LogP contribution in [-0.2, 0) is 0 Å². The Hall–Kier alpha value is -3.74. The van der Waals surface area contributed by atoms with E-state index in [1.54, 1.807) is 0 Å². The molecule has 3 rings (SSSR count). The molecule has 25 heavy (non-hydrogen) atoms. The van der Waals surface area contributed by atoms with E-state index in [1.165, 1.54) is 41.3 Å². The first kappa shape index (κ1) is 16.1. The Morgan fingerprint density at radius 1 is 0.360 bits per heavy atom. The van der Waals surface area contributed by atoms with Gasteiger partial charge in [0.1, 0.15) is 34.5 Å². The third-order valence-corrected chi connectivity index (χ3v) is 3.44. The molecule has 0 aliphatic heterocycles. The minimum Gasteiger partial charge on any atom is -0.508 e. The third-order valence-electron chi connectivity index (χ3n) is 3.44. The zero-order chi connectivity index (χ0) is 18.1. The molecule has 0 unspecified atom stereocenters. The van der Waals surface area contributed by atoms with Gasteiger partial charge in [0, 0.05) is 54.6 Å². The molecule has 0 saturated carbocycles. The topological polar surface area (TPSA) is 125 Å². The number of benzene rings is 3. The highest BCUT2D eigenvalue weighted by Gasteiger charge is 2.17. The van der Waals surface area contributed by atoms with Crippen molar-refractivity contribution < 1.29 is 30.6 Å². The highest BCUT2D eigenvalue weighted by molar-refractivity contribution is 5.80. The monoisotopic (exact) mass is 341 g/mol. The number of phenolic OH excluding ortho intramolecular Hbond substituents is 6. The van der Waals surface area contributed by atoms with Gasteiger partial charge in [0.15, 0.2) is 0 Å². The summed E-state index contributed by atoms with van der Waals surface area (Å²) in [5.74, 6) is -1.28. The number of anilines is 3. The second-order valence-electron chi connectivity index (χ2n) is 5.46. The molecule has 0 heterocycles. The average molecular weight is 341 g/mol. The zero-order valence-corrected chi connectivity index (χ0v) is 12.8. The van der Waals surface area contributed by atoms with Crippen molar-refractivity contribution in [2.45, 2.75) is 0 Å². The Morgan fingerprint density at radius 3 is 0.760 bits per heavy atom. The molecular weight excluding hydrogens is 326 g/mol. The van der Waals surface area contributed by atoms with Gasteiger partial charge in [0.2, 0.25) is 0 Å². The van der Waals surface area contributed by atoms with Crippen molar-refractivity contribution in [3.63, 3.8) is 0 Å². The molecule has 0 aliphatic rings. The van der Waals surface area contributed by atoms with Crippen molar-refractivity contribution in [1.29, 1.82) is 0 Å². The average Bonchev–Trinajstić information content (AvgIpc) is 2.44. The van der Waals surface area contributed by atoms with Crippen LogP contribution in [0, 0.1) is 0 Å². The molecule has 0 fully saturated rings. The van der Waals surface area contributed by atoms with Gasteiger partial charge >= 0.3 is 0 Å². The highest BCUT2D eigenvalue weighted by atomic mass is 16.3. The summed E-state index contributed by atoms with van der Waals surface area (Å²) in [6.07, 6.45) is 0. The van der Waals surface area contributed by atoms with Gasteiger partial charge in [-0.25, -0.2) is 0 Å². The van der Waals surface area contributed by atoms with Gasteiger partial charge in [-0.15, -0.1) is 0 Å². The van der Waals surface area contributed by atoms with Crippen LogP contribution in [0.3, 0.4) is 0 Å².